The first-order valence-corrected chi connectivity index (χ1v) is 6.76. The van der Waals surface area contributed by atoms with Crippen LogP contribution in [-0.2, 0) is 14.3 Å². The van der Waals surface area contributed by atoms with Crippen LogP contribution in [0.4, 0.5) is 0 Å². The van der Waals surface area contributed by atoms with Crippen LogP contribution < -0.4 is 5.73 Å². The van der Waals surface area contributed by atoms with Crippen molar-refractivity contribution in [1.29, 1.82) is 0 Å². The highest BCUT2D eigenvalue weighted by Crippen LogP contribution is 2.48. The molecule has 0 aromatic heterocycles. The number of likely N-dealkylation sites (tertiary alicyclic amines) is 1. The van der Waals surface area contributed by atoms with E-state index in [1.165, 1.54) is 7.11 Å². The van der Waals surface area contributed by atoms with Gasteiger partial charge in [-0.15, -0.1) is 0 Å². The molecule has 0 saturated carbocycles. The van der Waals surface area contributed by atoms with Crippen LogP contribution in [0.5, 0.6) is 0 Å². The molecular weight excluding hydrogens is 232 g/mol. The van der Waals surface area contributed by atoms with Crippen LogP contribution in [0, 0.1) is 17.3 Å². The molecule has 2 rings (SSSR count). The van der Waals surface area contributed by atoms with E-state index in [0.717, 1.165) is 26.1 Å². The minimum Gasteiger partial charge on any atom is -0.469 e. The number of piperidine rings is 1. The second-order valence-electron chi connectivity index (χ2n) is 5.46. The van der Waals surface area contributed by atoms with Crippen molar-refractivity contribution < 1.29 is 14.3 Å². The number of nitrogens with two attached hydrogens (primary N) is 1. The maximum Gasteiger partial charge on any atom is 0.310 e. The number of ether oxygens (including phenoxy) is 2. The predicted octanol–water partition coefficient (Wildman–Crippen LogP) is 0.0927. The summed E-state index contributed by atoms with van der Waals surface area (Å²) in [7, 11) is 1.47. The zero-order chi connectivity index (χ0) is 13.2. The number of rotatable bonds is 4. The van der Waals surface area contributed by atoms with Gasteiger partial charge in [-0.3, -0.25) is 4.79 Å². The molecule has 2 aliphatic rings. The number of hydrogen-bond donors (Lipinski definition) is 1. The second-order valence-corrected chi connectivity index (χ2v) is 5.46. The SMILES string of the molecule is CCC1CN(CCN)CC(C(=O)OC)C12COC2. The predicted molar refractivity (Wildman–Crippen MR) is 68.0 cm³/mol. The summed E-state index contributed by atoms with van der Waals surface area (Å²) in [4.78, 5) is 14.3. The van der Waals surface area contributed by atoms with Crippen LogP contribution in [0.25, 0.3) is 0 Å². The van der Waals surface area contributed by atoms with Crippen LogP contribution in [0.1, 0.15) is 13.3 Å². The Hall–Kier alpha value is -0.650. The third kappa shape index (κ3) is 2.15. The van der Waals surface area contributed by atoms with E-state index in [1.807, 2.05) is 0 Å². The van der Waals surface area contributed by atoms with Crippen molar-refractivity contribution in [2.24, 2.45) is 23.0 Å². The zero-order valence-corrected chi connectivity index (χ0v) is 11.4. The van der Waals surface area contributed by atoms with Crippen LogP contribution >= 0.6 is 0 Å². The monoisotopic (exact) mass is 256 g/mol. The quantitative estimate of drug-likeness (QED) is 0.722. The van der Waals surface area contributed by atoms with E-state index < -0.39 is 0 Å². The molecule has 2 saturated heterocycles. The van der Waals surface area contributed by atoms with Gasteiger partial charge in [-0.1, -0.05) is 13.3 Å². The van der Waals surface area contributed by atoms with Crippen molar-refractivity contribution >= 4 is 5.97 Å². The molecule has 1 spiro atoms. The smallest absolute Gasteiger partial charge is 0.310 e. The lowest BCUT2D eigenvalue weighted by atomic mass is 9.61. The van der Waals surface area contributed by atoms with Crippen molar-refractivity contribution in [3.05, 3.63) is 0 Å². The van der Waals surface area contributed by atoms with Crippen LogP contribution in [-0.4, -0.2) is 57.4 Å². The number of hydrogen-bond acceptors (Lipinski definition) is 5. The molecule has 18 heavy (non-hydrogen) atoms. The fourth-order valence-electron chi connectivity index (χ4n) is 3.42. The average Bonchev–Trinajstić information content (AvgIpc) is 2.35. The summed E-state index contributed by atoms with van der Waals surface area (Å²) in [6.07, 6.45) is 1.07. The lowest BCUT2D eigenvalue weighted by Crippen LogP contribution is -2.64. The van der Waals surface area contributed by atoms with Crippen LogP contribution in [0.15, 0.2) is 0 Å². The molecular formula is C13H24N2O3. The van der Waals surface area contributed by atoms with Crippen molar-refractivity contribution in [2.75, 3.05) is 46.5 Å². The zero-order valence-electron chi connectivity index (χ0n) is 11.4. The van der Waals surface area contributed by atoms with Gasteiger partial charge in [-0.2, -0.15) is 0 Å². The highest BCUT2D eigenvalue weighted by Gasteiger charge is 2.56. The number of esters is 1. The van der Waals surface area contributed by atoms with Crippen LogP contribution in [0.3, 0.4) is 0 Å². The first-order chi connectivity index (χ1) is 8.67. The maximum absolute atomic E-state index is 12.1. The molecule has 2 N–H and O–H groups in total. The van der Waals surface area contributed by atoms with E-state index in [1.54, 1.807) is 0 Å². The molecule has 0 amide bonds. The Labute approximate surface area is 109 Å². The van der Waals surface area contributed by atoms with Gasteiger partial charge in [0.05, 0.1) is 26.2 Å². The molecule has 0 bridgehead atoms. The summed E-state index contributed by atoms with van der Waals surface area (Å²) in [6, 6.07) is 0. The minimum atomic E-state index is -0.0986. The summed E-state index contributed by atoms with van der Waals surface area (Å²) in [5.74, 6) is 0.329. The third-order valence-electron chi connectivity index (χ3n) is 4.59. The Morgan fingerprint density at radius 1 is 1.50 bits per heavy atom. The van der Waals surface area contributed by atoms with Gasteiger partial charge in [0.2, 0.25) is 0 Å². The summed E-state index contributed by atoms with van der Waals surface area (Å²) in [5, 5.41) is 0. The van der Waals surface area contributed by atoms with Gasteiger partial charge in [-0.25, -0.2) is 0 Å². The summed E-state index contributed by atoms with van der Waals surface area (Å²) in [5.41, 5.74) is 5.64. The number of methoxy groups -OCH3 is 1. The molecule has 5 heteroatoms. The van der Waals surface area contributed by atoms with Gasteiger partial charge in [-0.05, 0) is 5.92 Å². The highest BCUT2D eigenvalue weighted by molar-refractivity contribution is 5.74. The normalized spacial score (nSPS) is 31.1. The van der Waals surface area contributed by atoms with Gasteiger partial charge >= 0.3 is 5.97 Å². The minimum absolute atomic E-state index is 0.00689. The van der Waals surface area contributed by atoms with Crippen molar-refractivity contribution in [2.45, 2.75) is 13.3 Å². The van der Waals surface area contributed by atoms with E-state index in [0.29, 0.717) is 25.7 Å². The topological polar surface area (TPSA) is 64.8 Å². The third-order valence-corrected chi connectivity index (χ3v) is 4.59. The van der Waals surface area contributed by atoms with E-state index in [4.69, 9.17) is 15.2 Å². The lowest BCUT2D eigenvalue weighted by molar-refractivity contribution is -0.214. The maximum atomic E-state index is 12.1. The van der Waals surface area contributed by atoms with Crippen molar-refractivity contribution in [3.8, 4) is 0 Å². The van der Waals surface area contributed by atoms with Crippen LogP contribution in [0.2, 0.25) is 0 Å². The first kappa shape index (κ1) is 13.8. The molecule has 2 heterocycles. The van der Waals surface area contributed by atoms with Gasteiger partial charge in [0.15, 0.2) is 0 Å². The van der Waals surface area contributed by atoms with Gasteiger partial charge in [0.1, 0.15) is 0 Å². The molecule has 0 aromatic rings. The fourth-order valence-corrected chi connectivity index (χ4v) is 3.42. The number of carbonyl (C=O) groups is 1. The molecule has 104 valence electrons. The van der Waals surface area contributed by atoms with Gasteiger partial charge in [0.25, 0.3) is 0 Å². The Bertz CT molecular complexity index is 305. The Balaban J connectivity index is 2.18. The molecule has 2 fully saturated rings. The van der Waals surface area contributed by atoms with Gasteiger partial charge < -0.3 is 20.1 Å². The fraction of sp³-hybridized carbons (Fsp3) is 0.923. The highest BCUT2D eigenvalue weighted by atomic mass is 16.5. The lowest BCUT2D eigenvalue weighted by Gasteiger charge is -2.56. The molecule has 0 radical (unpaired) electrons. The summed E-state index contributed by atoms with van der Waals surface area (Å²) < 4.78 is 10.4. The number of carbonyl (C=O) groups excluding carboxylic acids is 1. The van der Waals surface area contributed by atoms with Crippen molar-refractivity contribution in [3.63, 3.8) is 0 Å². The largest absolute Gasteiger partial charge is 0.469 e. The van der Waals surface area contributed by atoms with E-state index in [9.17, 15) is 4.79 Å². The van der Waals surface area contributed by atoms with E-state index in [-0.39, 0.29) is 17.3 Å². The standard InChI is InChI=1S/C13H24N2O3/c1-3-10-6-15(5-4-14)7-11(12(16)17-2)13(10)8-18-9-13/h10-11H,3-9,14H2,1-2H3. The molecule has 2 atom stereocenters. The molecule has 0 aliphatic carbocycles. The molecule has 0 aromatic carbocycles. The number of nitrogens with zero attached hydrogens (tertiary/aromatic N) is 1. The van der Waals surface area contributed by atoms with Gasteiger partial charge in [0, 0.05) is 31.6 Å². The molecule has 2 aliphatic heterocycles. The summed E-state index contributed by atoms with van der Waals surface area (Å²) in [6.45, 7) is 6.83. The summed E-state index contributed by atoms with van der Waals surface area (Å²) >= 11 is 0. The Kier molecular flexibility index (Phi) is 4.25. The van der Waals surface area contributed by atoms with Crippen molar-refractivity contribution in [1.82, 2.24) is 4.90 Å². The second kappa shape index (κ2) is 5.55. The van der Waals surface area contributed by atoms with E-state index >= 15 is 0 Å². The molecule has 5 nitrogen and oxygen atoms in total. The Morgan fingerprint density at radius 3 is 2.67 bits per heavy atom. The average molecular weight is 256 g/mol. The first-order valence-electron chi connectivity index (χ1n) is 6.76. The molecule has 2 unspecified atom stereocenters. The van der Waals surface area contributed by atoms with E-state index in [2.05, 4.69) is 11.8 Å². The Morgan fingerprint density at radius 2 is 2.22 bits per heavy atom.